The lowest BCUT2D eigenvalue weighted by atomic mass is 10.1. The minimum absolute atomic E-state index is 0.0203. The van der Waals surface area contributed by atoms with Gasteiger partial charge in [-0.3, -0.25) is 9.36 Å². The lowest BCUT2D eigenvalue weighted by molar-refractivity contribution is -0.121. The lowest BCUT2D eigenvalue weighted by Gasteiger charge is -2.13. The molecule has 26 heavy (non-hydrogen) atoms. The molecule has 2 aromatic carbocycles. The van der Waals surface area contributed by atoms with Crippen LogP contribution < -0.4 is 11.0 Å². The van der Waals surface area contributed by atoms with Gasteiger partial charge in [-0.05, 0) is 12.5 Å². The molecule has 0 aliphatic carbocycles. The highest BCUT2D eigenvalue weighted by atomic mass is 16.2. The first-order valence-corrected chi connectivity index (χ1v) is 9.02. The van der Waals surface area contributed by atoms with Gasteiger partial charge in [0.1, 0.15) is 6.54 Å². The van der Waals surface area contributed by atoms with E-state index in [2.05, 4.69) is 17.2 Å². The topological polar surface area (TPSA) is 64.0 Å². The van der Waals surface area contributed by atoms with Crippen LogP contribution in [0.15, 0.2) is 59.4 Å². The highest BCUT2D eigenvalue weighted by Gasteiger charge is 2.13. The van der Waals surface area contributed by atoms with Gasteiger partial charge in [-0.2, -0.15) is 4.98 Å². The Labute approximate surface area is 152 Å². The molecule has 0 spiro atoms. The minimum Gasteiger partial charge on any atom is -0.355 e. The number of hydrogen-bond acceptors (Lipinski definition) is 3. The molecule has 1 heterocycles. The fraction of sp³-hybridized carbons (Fsp3) is 0.286. The van der Waals surface area contributed by atoms with Crippen molar-refractivity contribution in [3.8, 4) is 11.3 Å². The van der Waals surface area contributed by atoms with Crippen LogP contribution in [0, 0.1) is 0 Å². The second kappa shape index (κ2) is 8.43. The van der Waals surface area contributed by atoms with Crippen LogP contribution in [0.1, 0.15) is 26.2 Å². The third-order valence-corrected chi connectivity index (χ3v) is 4.34. The van der Waals surface area contributed by atoms with Crippen molar-refractivity contribution in [3.05, 3.63) is 65.1 Å². The summed E-state index contributed by atoms with van der Waals surface area (Å²) in [6.45, 7) is 2.73. The molecule has 0 unspecified atom stereocenters. The van der Waals surface area contributed by atoms with Crippen molar-refractivity contribution >= 4 is 16.8 Å². The van der Waals surface area contributed by atoms with Gasteiger partial charge in [-0.15, -0.1) is 0 Å². The van der Waals surface area contributed by atoms with Crippen LogP contribution in [0.4, 0.5) is 0 Å². The van der Waals surface area contributed by atoms with Gasteiger partial charge in [0.15, 0.2) is 0 Å². The van der Waals surface area contributed by atoms with Gasteiger partial charge in [0, 0.05) is 17.5 Å². The van der Waals surface area contributed by atoms with E-state index in [1.807, 2.05) is 54.6 Å². The van der Waals surface area contributed by atoms with Crippen LogP contribution in [0.5, 0.6) is 0 Å². The van der Waals surface area contributed by atoms with Crippen molar-refractivity contribution in [1.82, 2.24) is 14.9 Å². The lowest BCUT2D eigenvalue weighted by Crippen LogP contribution is -2.34. The quantitative estimate of drug-likeness (QED) is 0.665. The zero-order chi connectivity index (χ0) is 18.4. The molecule has 0 radical (unpaired) electrons. The number of benzene rings is 2. The number of amides is 1. The van der Waals surface area contributed by atoms with E-state index in [1.165, 1.54) is 4.57 Å². The number of carbonyl (C=O) groups excluding carboxylic acids is 1. The van der Waals surface area contributed by atoms with Gasteiger partial charge < -0.3 is 5.32 Å². The summed E-state index contributed by atoms with van der Waals surface area (Å²) >= 11 is 0. The number of aromatic nitrogens is 2. The number of nitrogens with one attached hydrogen (secondary N) is 1. The Hall–Kier alpha value is -2.95. The first kappa shape index (κ1) is 17.9. The molecule has 0 atom stereocenters. The monoisotopic (exact) mass is 349 g/mol. The number of para-hydroxylation sites is 1. The van der Waals surface area contributed by atoms with Crippen LogP contribution >= 0.6 is 0 Å². The molecule has 5 nitrogen and oxygen atoms in total. The third kappa shape index (κ3) is 3.99. The Kier molecular flexibility index (Phi) is 5.79. The van der Waals surface area contributed by atoms with Crippen molar-refractivity contribution in [2.24, 2.45) is 0 Å². The van der Waals surface area contributed by atoms with E-state index in [-0.39, 0.29) is 12.5 Å². The molecule has 0 aliphatic rings. The second-order valence-electron chi connectivity index (χ2n) is 6.27. The van der Waals surface area contributed by atoms with E-state index in [0.717, 1.165) is 35.7 Å². The largest absolute Gasteiger partial charge is 0.355 e. The van der Waals surface area contributed by atoms with E-state index in [1.54, 1.807) is 0 Å². The molecule has 134 valence electrons. The van der Waals surface area contributed by atoms with Crippen molar-refractivity contribution in [2.45, 2.75) is 32.7 Å². The van der Waals surface area contributed by atoms with Gasteiger partial charge in [-0.25, -0.2) is 4.79 Å². The van der Waals surface area contributed by atoms with E-state index in [9.17, 15) is 9.59 Å². The number of rotatable bonds is 7. The van der Waals surface area contributed by atoms with Crippen LogP contribution in [-0.4, -0.2) is 22.0 Å². The summed E-state index contributed by atoms with van der Waals surface area (Å²) in [4.78, 5) is 29.1. The normalized spacial score (nSPS) is 10.8. The average molecular weight is 349 g/mol. The number of hydrogen-bond donors (Lipinski definition) is 1. The molecular formula is C21H23N3O2. The molecule has 0 saturated carbocycles. The summed E-state index contributed by atoms with van der Waals surface area (Å²) in [5, 5.41) is 3.74. The summed E-state index contributed by atoms with van der Waals surface area (Å²) in [6.07, 6.45) is 3.13. The average Bonchev–Trinajstić information content (AvgIpc) is 2.68. The molecule has 5 heteroatoms. The number of fused-ring (bicyclic) bond motifs is 1. The van der Waals surface area contributed by atoms with Gasteiger partial charge in [0.2, 0.25) is 5.91 Å². The highest BCUT2D eigenvalue weighted by Crippen LogP contribution is 2.24. The summed E-state index contributed by atoms with van der Waals surface area (Å²) in [5.74, 6) is -0.164. The van der Waals surface area contributed by atoms with Crippen molar-refractivity contribution < 1.29 is 4.79 Å². The third-order valence-electron chi connectivity index (χ3n) is 4.34. The van der Waals surface area contributed by atoms with E-state index >= 15 is 0 Å². The molecule has 0 fully saturated rings. The molecule has 1 N–H and O–H groups in total. The molecule has 3 rings (SSSR count). The molecule has 1 amide bonds. The molecule has 1 aromatic heterocycles. The van der Waals surface area contributed by atoms with Crippen molar-refractivity contribution in [2.75, 3.05) is 6.54 Å². The first-order chi connectivity index (χ1) is 12.7. The zero-order valence-corrected chi connectivity index (χ0v) is 14.9. The maximum absolute atomic E-state index is 12.6. The van der Waals surface area contributed by atoms with E-state index in [0.29, 0.717) is 12.2 Å². The summed E-state index contributed by atoms with van der Waals surface area (Å²) in [5.41, 5.74) is 1.84. The maximum Gasteiger partial charge on any atom is 0.349 e. The molecule has 3 aromatic rings. The Balaban J connectivity index is 1.94. The zero-order valence-electron chi connectivity index (χ0n) is 14.9. The standard InChI is InChI=1S/C21H23N3O2/c1-2-3-9-14-22-19(25)15-24-18-13-8-7-12-17(18)20(23-21(24)26)16-10-5-4-6-11-16/h4-8,10-13H,2-3,9,14-15H2,1H3,(H,22,25). The highest BCUT2D eigenvalue weighted by molar-refractivity contribution is 5.93. The van der Waals surface area contributed by atoms with Crippen LogP contribution in [0.2, 0.25) is 0 Å². The predicted molar refractivity (Wildman–Crippen MR) is 104 cm³/mol. The number of unbranched alkanes of at least 4 members (excludes halogenated alkanes) is 2. The van der Waals surface area contributed by atoms with Crippen molar-refractivity contribution in [1.29, 1.82) is 0 Å². The van der Waals surface area contributed by atoms with Crippen LogP contribution in [-0.2, 0) is 11.3 Å². The van der Waals surface area contributed by atoms with Crippen molar-refractivity contribution in [3.63, 3.8) is 0 Å². The fourth-order valence-electron chi connectivity index (χ4n) is 3.00. The molecule has 0 aliphatic heterocycles. The predicted octanol–water partition coefficient (Wildman–Crippen LogP) is 3.37. The molecular weight excluding hydrogens is 326 g/mol. The Morgan fingerprint density at radius 2 is 1.77 bits per heavy atom. The number of nitrogens with zero attached hydrogens (tertiary/aromatic N) is 2. The maximum atomic E-state index is 12.6. The minimum atomic E-state index is -0.411. The summed E-state index contributed by atoms with van der Waals surface area (Å²) < 4.78 is 1.44. The molecule has 0 bridgehead atoms. The summed E-state index contributed by atoms with van der Waals surface area (Å²) in [6, 6.07) is 17.2. The fourth-order valence-corrected chi connectivity index (χ4v) is 3.00. The van der Waals surface area contributed by atoms with Gasteiger partial charge >= 0.3 is 5.69 Å². The van der Waals surface area contributed by atoms with Crippen LogP contribution in [0.3, 0.4) is 0 Å². The van der Waals surface area contributed by atoms with E-state index < -0.39 is 5.69 Å². The van der Waals surface area contributed by atoms with E-state index in [4.69, 9.17) is 0 Å². The number of carbonyl (C=O) groups is 1. The SMILES string of the molecule is CCCCCNC(=O)Cn1c(=O)nc(-c2ccccc2)c2ccccc21. The van der Waals surface area contributed by atoms with Gasteiger partial charge in [0.05, 0.1) is 11.2 Å². The van der Waals surface area contributed by atoms with Gasteiger partial charge in [0.25, 0.3) is 0 Å². The summed E-state index contributed by atoms with van der Waals surface area (Å²) in [7, 11) is 0. The second-order valence-corrected chi connectivity index (χ2v) is 6.27. The molecule has 0 saturated heterocycles. The smallest absolute Gasteiger partial charge is 0.349 e. The first-order valence-electron chi connectivity index (χ1n) is 9.02. The van der Waals surface area contributed by atoms with Crippen LogP contribution in [0.25, 0.3) is 22.2 Å². The Morgan fingerprint density at radius 3 is 2.54 bits per heavy atom. The van der Waals surface area contributed by atoms with Gasteiger partial charge in [-0.1, -0.05) is 68.3 Å². The Bertz CT molecular complexity index is 948. The Morgan fingerprint density at radius 1 is 1.04 bits per heavy atom.